The van der Waals surface area contributed by atoms with E-state index >= 15 is 0 Å². The first-order valence-electron chi connectivity index (χ1n) is 7.74. The Hall–Kier alpha value is -2.43. The normalized spacial score (nSPS) is 11.3. The summed E-state index contributed by atoms with van der Waals surface area (Å²) in [4.78, 5) is 3.39. The highest BCUT2D eigenvalue weighted by molar-refractivity contribution is 7.93. The van der Waals surface area contributed by atoms with Crippen LogP contribution in [0.5, 0.6) is 11.5 Å². The molecule has 0 N–H and O–H groups in total. The van der Waals surface area contributed by atoms with Gasteiger partial charge in [0.25, 0.3) is 10.0 Å². The van der Waals surface area contributed by atoms with Gasteiger partial charge in [-0.25, -0.2) is 22.1 Å². The quantitative estimate of drug-likeness (QED) is 0.556. The fraction of sp³-hybridized carbons (Fsp3) is 0.176. The first kappa shape index (κ1) is 20.3. The van der Waals surface area contributed by atoms with Gasteiger partial charge in [0, 0.05) is 29.2 Å². The predicted octanol–water partition coefficient (Wildman–Crippen LogP) is 3.54. The summed E-state index contributed by atoms with van der Waals surface area (Å²) in [6, 6.07) is 9.24. The molecule has 0 saturated carbocycles. The molecule has 0 aliphatic heterocycles. The average molecular weight is 443 g/mol. The largest absolute Gasteiger partial charge is 0.497 e. The van der Waals surface area contributed by atoms with Gasteiger partial charge in [0.2, 0.25) is 5.13 Å². The van der Waals surface area contributed by atoms with Crippen molar-refractivity contribution in [1.29, 1.82) is 0 Å². The molecule has 7 nitrogen and oxygen atoms in total. The Balaban J connectivity index is 2.10. The molecule has 1 aromatic heterocycles. The van der Waals surface area contributed by atoms with E-state index in [9.17, 15) is 12.8 Å². The zero-order chi connectivity index (χ0) is 20.3. The number of nitrogens with zero attached hydrogens (tertiary/aromatic N) is 3. The van der Waals surface area contributed by atoms with Gasteiger partial charge in [-0.2, -0.15) is 4.37 Å². The van der Waals surface area contributed by atoms with E-state index in [1.807, 2.05) is 0 Å². The van der Waals surface area contributed by atoms with Crippen molar-refractivity contribution < 1.29 is 22.3 Å². The molecule has 28 heavy (non-hydrogen) atoms. The Kier molecular flexibility index (Phi) is 6.01. The van der Waals surface area contributed by atoms with Crippen LogP contribution >= 0.6 is 23.1 Å². The highest BCUT2D eigenvalue weighted by atomic mass is 35.5. The van der Waals surface area contributed by atoms with Crippen molar-refractivity contribution in [3.05, 3.63) is 59.1 Å². The number of aromatic nitrogens is 2. The van der Waals surface area contributed by atoms with Crippen molar-refractivity contribution in [2.24, 2.45) is 0 Å². The molecule has 0 aliphatic carbocycles. The second-order valence-electron chi connectivity index (χ2n) is 5.41. The van der Waals surface area contributed by atoms with Crippen LogP contribution in [-0.4, -0.2) is 32.0 Å². The lowest BCUT2D eigenvalue weighted by molar-refractivity contribution is 0.391. The Morgan fingerprint density at radius 1 is 1.29 bits per heavy atom. The van der Waals surface area contributed by atoms with E-state index in [1.54, 1.807) is 18.2 Å². The number of anilines is 1. The van der Waals surface area contributed by atoms with Crippen molar-refractivity contribution in [3.63, 3.8) is 0 Å². The Morgan fingerprint density at radius 3 is 2.71 bits per heavy atom. The van der Waals surface area contributed by atoms with E-state index < -0.39 is 20.7 Å². The van der Waals surface area contributed by atoms with Crippen LogP contribution < -0.4 is 13.8 Å². The van der Waals surface area contributed by atoms with E-state index in [2.05, 4.69) is 15.4 Å². The number of sulfonamides is 1. The fourth-order valence-electron chi connectivity index (χ4n) is 2.42. The second kappa shape index (κ2) is 8.29. The summed E-state index contributed by atoms with van der Waals surface area (Å²) in [5.41, 5.74) is 0.524. The number of methoxy groups -OCH3 is 2. The minimum atomic E-state index is -4.34. The summed E-state index contributed by atoms with van der Waals surface area (Å²) >= 11 is 6.69. The van der Waals surface area contributed by atoms with Crippen molar-refractivity contribution >= 4 is 38.3 Å². The molecule has 11 heteroatoms. The molecular weight excluding hydrogens is 429 g/mol. The molecule has 0 atom stereocenters. The minimum Gasteiger partial charge on any atom is -0.497 e. The van der Waals surface area contributed by atoms with Crippen LogP contribution in [-0.2, 0) is 16.6 Å². The average Bonchev–Trinajstić information content (AvgIpc) is 3.21. The summed E-state index contributed by atoms with van der Waals surface area (Å²) in [7, 11) is -1.38. The third kappa shape index (κ3) is 4.03. The van der Waals surface area contributed by atoms with Crippen molar-refractivity contribution in [3.8, 4) is 11.5 Å². The van der Waals surface area contributed by atoms with Crippen molar-refractivity contribution in [1.82, 2.24) is 9.36 Å². The summed E-state index contributed by atoms with van der Waals surface area (Å²) in [5.74, 6) is -0.0214. The Bertz CT molecular complexity index is 1080. The molecule has 0 spiro atoms. The van der Waals surface area contributed by atoms with Gasteiger partial charge in [-0.15, -0.1) is 0 Å². The molecule has 1 radical (unpaired) electrons. The molecule has 0 unspecified atom stereocenters. The molecule has 0 saturated heterocycles. The molecule has 0 bridgehead atoms. The highest BCUT2D eigenvalue weighted by Crippen LogP contribution is 2.32. The fourth-order valence-corrected chi connectivity index (χ4v) is 4.85. The van der Waals surface area contributed by atoms with E-state index in [1.165, 1.54) is 20.5 Å². The van der Waals surface area contributed by atoms with Crippen LogP contribution in [0.1, 0.15) is 5.56 Å². The first-order chi connectivity index (χ1) is 13.4. The first-order valence-corrected chi connectivity index (χ1v) is 10.3. The van der Waals surface area contributed by atoms with Crippen LogP contribution in [0.25, 0.3) is 0 Å². The lowest BCUT2D eigenvalue weighted by Crippen LogP contribution is -2.31. The maximum absolute atomic E-state index is 14.3. The third-order valence-electron chi connectivity index (χ3n) is 3.77. The van der Waals surface area contributed by atoms with Crippen LogP contribution in [0, 0.1) is 11.9 Å². The summed E-state index contributed by atoms with van der Waals surface area (Å²) in [6.45, 7) is -0.166. The predicted molar refractivity (Wildman–Crippen MR) is 103 cm³/mol. The Labute approximate surface area is 170 Å². The molecule has 3 rings (SSSR count). The van der Waals surface area contributed by atoms with Crippen molar-refractivity contribution in [2.75, 3.05) is 18.5 Å². The lowest BCUT2D eigenvalue weighted by atomic mass is 10.2. The van der Waals surface area contributed by atoms with Gasteiger partial charge < -0.3 is 9.47 Å². The second-order valence-corrected chi connectivity index (χ2v) is 8.40. The molecule has 0 fully saturated rings. The summed E-state index contributed by atoms with van der Waals surface area (Å²) in [5, 5.41) is 0.0421. The van der Waals surface area contributed by atoms with Gasteiger partial charge in [-0.05, 0) is 24.3 Å². The maximum atomic E-state index is 14.3. The van der Waals surface area contributed by atoms with E-state index in [-0.39, 0.29) is 16.7 Å². The zero-order valence-corrected chi connectivity index (χ0v) is 17.1. The molecule has 1 heterocycles. The van der Waals surface area contributed by atoms with Gasteiger partial charge >= 0.3 is 0 Å². The Morgan fingerprint density at radius 2 is 2.07 bits per heavy atom. The van der Waals surface area contributed by atoms with Gasteiger partial charge in [-0.3, -0.25) is 0 Å². The number of hydrogen-bond acceptors (Lipinski definition) is 7. The molecule has 3 aromatic rings. The maximum Gasteiger partial charge on any atom is 0.269 e. The van der Waals surface area contributed by atoms with Crippen molar-refractivity contribution in [2.45, 2.75) is 11.4 Å². The number of halogens is 2. The minimum absolute atomic E-state index is 0.0285. The molecule has 0 amide bonds. The number of benzene rings is 2. The van der Waals surface area contributed by atoms with E-state index in [0.717, 1.165) is 28.0 Å². The van der Waals surface area contributed by atoms with Crippen LogP contribution in [0.2, 0.25) is 5.02 Å². The van der Waals surface area contributed by atoms with Gasteiger partial charge in [0.15, 0.2) is 0 Å². The van der Waals surface area contributed by atoms with Gasteiger partial charge in [-0.1, -0.05) is 11.6 Å². The van der Waals surface area contributed by atoms with Crippen LogP contribution in [0.4, 0.5) is 9.52 Å². The molecule has 147 valence electrons. The van der Waals surface area contributed by atoms with Gasteiger partial charge in [0.05, 0.1) is 25.8 Å². The lowest BCUT2D eigenvalue weighted by Gasteiger charge is -2.23. The smallest absolute Gasteiger partial charge is 0.269 e. The monoisotopic (exact) mass is 442 g/mol. The standard InChI is InChI=1S/C17H14ClFN3O4S2/c1-25-13-5-3-11(15(8-13)26-2)9-22(17-20-10-21-27-17)28(23,24)16-7-12(18)4-6-14(16)19/h3,5-8,10H,9H2,1-2H3. The van der Waals surface area contributed by atoms with E-state index in [4.69, 9.17) is 21.1 Å². The zero-order valence-electron chi connectivity index (χ0n) is 14.7. The molecule has 2 aromatic carbocycles. The molecular formula is C17H14ClFN3O4S2. The third-order valence-corrected chi connectivity index (χ3v) is 6.54. The number of ether oxygens (including phenoxy) is 2. The number of hydrogen-bond donors (Lipinski definition) is 0. The topological polar surface area (TPSA) is 81.6 Å². The summed E-state index contributed by atoms with van der Waals surface area (Å²) < 4.78 is 56.0. The molecule has 0 aliphatic rings. The highest BCUT2D eigenvalue weighted by Gasteiger charge is 2.31. The summed E-state index contributed by atoms with van der Waals surface area (Å²) in [6.07, 6.45) is 1.22. The number of rotatable bonds is 7. The van der Waals surface area contributed by atoms with Crippen LogP contribution in [0.15, 0.2) is 41.6 Å². The van der Waals surface area contributed by atoms with Gasteiger partial charge in [0.1, 0.15) is 28.5 Å². The SMILES string of the molecule is COc1ccc(CN(c2ncns2)S(=O)(=O)c2cc(Cl)[c]cc2F)c(OC)c1. The van der Waals surface area contributed by atoms with E-state index in [0.29, 0.717) is 17.1 Å². The van der Waals surface area contributed by atoms with Crippen LogP contribution in [0.3, 0.4) is 0 Å².